The van der Waals surface area contributed by atoms with Crippen LogP contribution in [-0.2, 0) is 0 Å². The quantitative estimate of drug-likeness (QED) is 0.419. The third kappa shape index (κ3) is 6.47. The van der Waals surface area contributed by atoms with Crippen LogP contribution in [-0.4, -0.2) is 0 Å². The highest BCUT2D eigenvalue weighted by Crippen LogP contribution is 2.23. The van der Waals surface area contributed by atoms with Gasteiger partial charge in [0.25, 0.3) is 0 Å². The number of rotatable bonds is 8. The van der Waals surface area contributed by atoms with Crippen LogP contribution in [0.25, 0.3) is 0 Å². The van der Waals surface area contributed by atoms with Gasteiger partial charge in [-0.2, -0.15) is 0 Å². The van der Waals surface area contributed by atoms with Gasteiger partial charge >= 0.3 is 0 Å². The molecule has 0 fully saturated rings. The van der Waals surface area contributed by atoms with Crippen molar-refractivity contribution in [3.63, 3.8) is 0 Å². The van der Waals surface area contributed by atoms with Crippen LogP contribution in [0.3, 0.4) is 0 Å². The summed E-state index contributed by atoms with van der Waals surface area (Å²) in [6.45, 7) is 8.87. The Labute approximate surface area is 137 Å². The maximum absolute atomic E-state index is 2.38. The molecule has 22 heavy (non-hydrogen) atoms. The van der Waals surface area contributed by atoms with E-state index in [1.807, 2.05) is 0 Å². The van der Waals surface area contributed by atoms with Gasteiger partial charge < -0.3 is 0 Å². The van der Waals surface area contributed by atoms with Crippen molar-refractivity contribution in [1.82, 2.24) is 0 Å². The zero-order chi connectivity index (χ0) is 16.2. The Hall–Kier alpha value is -1.56. The summed E-state index contributed by atoms with van der Waals surface area (Å²) >= 11 is 0. The van der Waals surface area contributed by atoms with Crippen molar-refractivity contribution in [3.05, 3.63) is 71.4 Å². The van der Waals surface area contributed by atoms with E-state index in [0.717, 1.165) is 6.42 Å². The molecule has 0 heterocycles. The fourth-order valence-corrected chi connectivity index (χ4v) is 2.70. The molecule has 0 saturated carbocycles. The lowest BCUT2D eigenvalue weighted by Crippen LogP contribution is -1.93. The lowest BCUT2D eigenvalue weighted by atomic mass is 9.96. The van der Waals surface area contributed by atoms with Gasteiger partial charge in [-0.15, -0.1) is 0 Å². The molecule has 120 valence electrons. The molecule has 0 aliphatic heterocycles. The maximum atomic E-state index is 2.38. The summed E-state index contributed by atoms with van der Waals surface area (Å²) in [7, 11) is 0. The first-order valence-corrected chi connectivity index (χ1v) is 8.77. The van der Waals surface area contributed by atoms with E-state index < -0.39 is 0 Å². The molecule has 0 aromatic heterocycles. The summed E-state index contributed by atoms with van der Waals surface area (Å²) in [4.78, 5) is 0. The average Bonchev–Trinajstić information content (AvgIpc) is 2.74. The van der Waals surface area contributed by atoms with E-state index in [-0.39, 0.29) is 0 Å². The van der Waals surface area contributed by atoms with Crippen molar-refractivity contribution in [2.75, 3.05) is 0 Å². The van der Waals surface area contributed by atoms with Crippen LogP contribution in [0.5, 0.6) is 0 Å². The van der Waals surface area contributed by atoms with Gasteiger partial charge in [0, 0.05) is 0 Å². The smallest absolute Gasteiger partial charge is 0.0129 e. The summed E-state index contributed by atoms with van der Waals surface area (Å²) in [5.74, 6) is 0.712. The molecule has 0 aromatic rings. The molecule has 0 saturated heterocycles. The molecule has 0 spiro atoms. The predicted octanol–water partition coefficient (Wildman–Crippen LogP) is 7.09. The molecule has 1 aliphatic carbocycles. The normalized spacial score (nSPS) is 17.7. The molecule has 0 N–H and O–H groups in total. The monoisotopic (exact) mass is 296 g/mol. The first-order valence-electron chi connectivity index (χ1n) is 8.77. The average molecular weight is 296 g/mol. The summed E-state index contributed by atoms with van der Waals surface area (Å²) in [6.07, 6.45) is 26.2. The Morgan fingerprint density at radius 1 is 1.27 bits per heavy atom. The Kier molecular flexibility index (Phi) is 9.30. The van der Waals surface area contributed by atoms with Crippen molar-refractivity contribution < 1.29 is 0 Å². The van der Waals surface area contributed by atoms with Crippen LogP contribution in [0, 0.1) is 5.92 Å². The molecule has 0 radical (unpaired) electrons. The minimum Gasteiger partial charge on any atom is -0.0870 e. The van der Waals surface area contributed by atoms with Gasteiger partial charge in [0.15, 0.2) is 0 Å². The third-order valence-corrected chi connectivity index (χ3v) is 4.16. The molecular weight excluding hydrogens is 264 g/mol. The fourth-order valence-electron chi connectivity index (χ4n) is 2.70. The summed E-state index contributed by atoms with van der Waals surface area (Å²) in [5.41, 5.74) is 4.09. The highest BCUT2D eigenvalue weighted by atomic mass is 14.1. The lowest BCUT2D eigenvalue weighted by molar-refractivity contribution is 0.540. The predicted molar refractivity (Wildman–Crippen MR) is 101 cm³/mol. The highest BCUT2D eigenvalue weighted by molar-refractivity contribution is 5.52. The minimum atomic E-state index is 0.712. The largest absolute Gasteiger partial charge is 0.0870 e. The third-order valence-electron chi connectivity index (χ3n) is 4.16. The van der Waals surface area contributed by atoms with E-state index in [2.05, 4.69) is 82.4 Å². The number of unbranched alkanes of at least 4 members (excludes halogenated alkanes) is 1. The van der Waals surface area contributed by atoms with Gasteiger partial charge in [-0.1, -0.05) is 86.9 Å². The van der Waals surface area contributed by atoms with E-state index in [9.17, 15) is 0 Å². The second-order valence-electron chi connectivity index (χ2n) is 6.00. The fraction of sp³-hybridized carbons (Fsp3) is 0.455. The van der Waals surface area contributed by atoms with Crippen molar-refractivity contribution in [3.8, 4) is 0 Å². The van der Waals surface area contributed by atoms with Gasteiger partial charge in [0.2, 0.25) is 0 Å². The lowest BCUT2D eigenvalue weighted by Gasteiger charge is -2.09. The second-order valence-corrected chi connectivity index (χ2v) is 6.00. The first-order chi connectivity index (χ1) is 10.7. The van der Waals surface area contributed by atoms with Gasteiger partial charge in [-0.25, -0.2) is 0 Å². The standard InChI is InChI=1S/C22H32/c1-5-8-15-20(7-3)16-12-17-21(13-6-2)22-18-11-9-10-14-19(22)4/h6,9-13,16-18,20H,5,7-8,14-15H2,1-4H3/b13-6-,16-12+,21-17+. The van der Waals surface area contributed by atoms with E-state index >= 15 is 0 Å². The van der Waals surface area contributed by atoms with E-state index in [1.165, 1.54) is 42.4 Å². The van der Waals surface area contributed by atoms with Crippen molar-refractivity contribution >= 4 is 0 Å². The van der Waals surface area contributed by atoms with Gasteiger partial charge in [-0.05, 0) is 50.2 Å². The Balaban J connectivity index is 2.90. The molecule has 0 amide bonds. The Morgan fingerprint density at radius 3 is 2.77 bits per heavy atom. The number of hydrogen-bond acceptors (Lipinski definition) is 0. The topological polar surface area (TPSA) is 0 Å². The molecule has 1 rings (SSSR count). The van der Waals surface area contributed by atoms with Crippen molar-refractivity contribution in [2.24, 2.45) is 5.92 Å². The van der Waals surface area contributed by atoms with Crippen molar-refractivity contribution in [2.45, 2.75) is 59.8 Å². The SMILES string of the molecule is C\C=C/C(=C\C=C\C(CC)CCCC)C1=C(C)CC=CC=C1. The Morgan fingerprint density at radius 2 is 2.09 bits per heavy atom. The second kappa shape index (κ2) is 11.1. The Bertz CT molecular complexity index is 492. The van der Waals surface area contributed by atoms with E-state index in [4.69, 9.17) is 0 Å². The van der Waals surface area contributed by atoms with Crippen LogP contribution in [0.4, 0.5) is 0 Å². The molecular formula is C22H32. The molecule has 1 unspecified atom stereocenters. The summed E-state index contributed by atoms with van der Waals surface area (Å²) in [6, 6.07) is 0. The summed E-state index contributed by atoms with van der Waals surface area (Å²) in [5, 5.41) is 0. The molecule has 1 aliphatic rings. The van der Waals surface area contributed by atoms with Gasteiger partial charge in [0.05, 0.1) is 0 Å². The zero-order valence-corrected chi connectivity index (χ0v) is 14.8. The van der Waals surface area contributed by atoms with Crippen LogP contribution >= 0.6 is 0 Å². The highest BCUT2D eigenvalue weighted by Gasteiger charge is 2.04. The number of allylic oxidation sites excluding steroid dienone is 12. The first kappa shape index (κ1) is 18.5. The van der Waals surface area contributed by atoms with Crippen LogP contribution in [0.15, 0.2) is 71.4 Å². The maximum Gasteiger partial charge on any atom is -0.0129 e. The molecule has 0 aromatic carbocycles. The molecule has 1 atom stereocenters. The minimum absolute atomic E-state index is 0.712. The van der Waals surface area contributed by atoms with E-state index in [0.29, 0.717) is 5.92 Å². The number of hydrogen-bond donors (Lipinski definition) is 0. The van der Waals surface area contributed by atoms with Crippen molar-refractivity contribution in [1.29, 1.82) is 0 Å². The van der Waals surface area contributed by atoms with Gasteiger partial charge in [0.1, 0.15) is 0 Å². The molecule has 0 heteroatoms. The van der Waals surface area contributed by atoms with Gasteiger partial charge in [-0.3, -0.25) is 0 Å². The van der Waals surface area contributed by atoms with Crippen LogP contribution in [0.1, 0.15) is 59.8 Å². The molecule has 0 nitrogen and oxygen atoms in total. The zero-order valence-electron chi connectivity index (χ0n) is 14.8. The van der Waals surface area contributed by atoms with Crippen LogP contribution < -0.4 is 0 Å². The van der Waals surface area contributed by atoms with Crippen LogP contribution in [0.2, 0.25) is 0 Å². The molecule has 0 bridgehead atoms. The van der Waals surface area contributed by atoms with E-state index in [1.54, 1.807) is 0 Å². The summed E-state index contributed by atoms with van der Waals surface area (Å²) < 4.78 is 0.